The van der Waals surface area contributed by atoms with Crippen LogP contribution in [0.3, 0.4) is 0 Å². The first-order valence-corrected chi connectivity index (χ1v) is 7.64. The van der Waals surface area contributed by atoms with Gasteiger partial charge in [-0.2, -0.15) is 16.7 Å². The number of thioether (sulfide) groups is 1. The molecule has 2 N–H and O–H groups in total. The monoisotopic (exact) mass is 268 g/mol. The van der Waals surface area contributed by atoms with Crippen LogP contribution in [0.15, 0.2) is 6.07 Å². The first-order valence-electron chi connectivity index (χ1n) is 5.43. The third-order valence-electron chi connectivity index (χ3n) is 2.34. The molecule has 2 heterocycles. The lowest BCUT2D eigenvalue weighted by molar-refractivity contribution is 1.15. The SMILES string of the molecule is CNc1nc(NCCSC)c2cc(C)sc2n1. The van der Waals surface area contributed by atoms with E-state index in [1.807, 2.05) is 18.8 Å². The summed E-state index contributed by atoms with van der Waals surface area (Å²) < 4.78 is 0. The lowest BCUT2D eigenvalue weighted by Crippen LogP contribution is -2.07. The van der Waals surface area contributed by atoms with E-state index < -0.39 is 0 Å². The zero-order chi connectivity index (χ0) is 12.3. The maximum atomic E-state index is 4.47. The van der Waals surface area contributed by atoms with Gasteiger partial charge in [0, 0.05) is 24.2 Å². The fraction of sp³-hybridized carbons (Fsp3) is 0.455. The molecule has 4 nitrogen and oxygen atoms in total. The van der Waals surface area contributed by atoms with Crippen LogP contribution in [0.2, 0.25) is 0 Å². The number of aryl methyl sites for hydroxylation is 1. The van der Waals surface area contributed by atoms with Gasteiger partial charge in [0.25, 0.3) is 0 Å². The second-order valence-electron chi connectivity index (χ2n) is 3.64. The number of rotatable bonds is 5. The van der Waals surface area contributed by atoms with Gasteiger partial charge in [-0.3, -0.25) is 0 Å². The zero-order valence-corrected chi connectivity index (χ0v) is 11.8. The van der Waals surface area contributed by atoms with Crippen LogP contribution in [0, 0.1) is 6.92 Å². The van der Waals surface area contributed by atoms with Gasteiger partial charge in [-0.15, -0.1) is 11.3 Å². The predicted octanol–water partition coefficient (Wildman–Crippen LogP) is 2.82. The molecule has 0 saturated heterocycles. The number of thiophene rings is 1. The summed E-state index contributed by atoms with van der Waals surface area (Å²) in [4.78, 5) is 11.2. The van der Waals surface area contributed by atoms with Gasteiger partial charge in [-0.1, -0.05) is 0 Å². The van der Waals surface area contributed by atoms with Crippen molar-refractivity contribution in [2.24, 2.45) is 0 Å². The Morgan fingerprint density at radius 3 is 2.94 bits per heavy atom. The second kappa shape index (κ2) is 5.55. The molecule has 2 aromatic heterocycles. The Kier molecular flexibility index (Phi) is 4.06. The van der Waals surface area contributed by atoms with Crippen molar-refractivity contribution in [1.82, 2.24) is 9.97 Å². The molecule has 0 unspecified atom stereocenters. The van der Waals surface area contributed by atoms with Crippen molar-refractivity contribution in [2.75, 3.05) is 36.2 Å². The molecule has 0 saturated carbocycles. The van der Waals surface area contributed by atoms with Gasteiger partial charge in [0.15, 0.2) is 0 Å². The van der Waals surface area contributed by atoms with E-state index in [-0.39, 0.29) is 0 Å². The lowest BCUT2D eigenvalue weighted by atomic mass is 10.3. The summed E-state index contributed by atoms with van der Waals surface area (Å²) in [6.07, 6.45) is 2.10. The summed E-state index contributed by atoms with van der Waals surface area (Å²) >= 11 is 3.52. The molecule has 0 aromatic carbocycles. The van der Waals surface area contributed by atoms with E-state index in [9.17, 15) is 0 Å². The quantitative estimate of drug-likeness (QED) is 0.817. The topological polar surface area (TPSA) is 49.8 Å². The van der Waals surface area contributed by atoms with Crippen molar-refractivity contribution in [3.63, 3.8) is 0 Å². The standard InChI is InChI=1S/C11H16N4S2/c1-7-6-8-9(13-4-5-16-3)14-11(12-2)15-10(8)17-7/h6H,4-5H2,1-3H3,(H2,12,13,14,15). The van der Waals surface area contributed by atoms with Crippen LogP contribution in [0.4, 0.5) is 11.8 Å². The summed E-state index contributed by atoms with van der Waals surface area (Å²) in [7, 11) is 1.84. The molecule has 0 amide bonds. The van der Waals surface area contributed by atoms with E-state index in [2.05, 4.69) is 39.8 Å². The van der Waals surface area contributed by atoms with Gasteiger partial charge in [-0.25, -0.2) is 4.98 Å². The Balaban J connectivity index is 2.36. The van der Waals surface area contributed by atoms with Crippen LogP contribution in [-0.4, -0.2) is 35.6 Å². The Labute approximate surface area is 109 Å². The van der Waals surface area contributed by atoms with Crippen molar-refractivity contribution in [1.29, 1.82) is 0 Å². The van der Waals surface area contributed by atoms with Crippen molar-refractivity contribution in [3.05, 3.63) is 10.9 Å². The highest BCUT2D eigenvalue weighted by Gasteiger charge is 2.09. The highest BCUT2D eigenvalue weighted by atomic mass is 32.2. The average molecular weight is 268 g/mol. The van der Waals surface area contributed by atoms with Gasteiger partial charge >= 0.3 is 0 Å². The molecule has 0 radical (unpaired) electrons. The van der Waals surface area contributed by atoms with Crippen molar-refractivity contribution < 1.29 is 0 Å². The van der Waals surface area contributed by atoms with Crippen LogP contribution >= 0.6 is 23.1 Å². The Hall–Kier alpha value is -1.01. The minimum Gasteiger partial charge on any atom is -0.369 e. The molecule has 92 valence electrons. The highest BCUT2D eigenvalue weighted by Crippen LogP contribution is 2.29. The Bertz CT molecular complexity index is 509. The normalized spacial score (nSPS) is 10.8. The maximum absolute atomic E-state index is 4.47. The fourth-order valence-corrected chi connectivity index (χ4v) is 2.75. The number of fused-ring (bicyclic) bond motifs is 1. The van der Waals surface area contributed by atoms with Gasteiger partial charge < -0.3 is 10.6 Å². The zero-order valence-electron chi connectivity index (χ0n) is 10.2. The molecule has 0 spiro atoms. The van der Waals surface area contributed by atoms with Crippen LogP contribution in [-0.2, 0) is 0 Å². The maximum Gasteiger partial charge on any atom is 0.225 e. The third kappa shape index (κ3) is 2.81. The molecule has 0 aliphatic rings. The van der Waals surface area contributed by atoms with Crippen LogP contribution < -0.4 is 10.6 Å². The van der Waals surface area contributed by atoms with Crippen LogP contribution in [0.1, 0.15) is 4.88 Å². The smallest absolute Gasteiger partial charge is 0.225 e. The first kappa shape index (κ1) is 12.4. The molecular weight excluding hydrogens is 252 g/mol. The molecular formula is C11H16N4S2. The summed E-state index contributed by atoms with van der Waals surface area (Å²) in [5.41, 5.74) is 0. The van der Waals surface area contributed by atoms with Crippen LogP contribution in [0.5, 0.6) is 0 Å². The lowest BCUT2D eigenvalue weighted by Gasteiger charge is -2.07. The summed E-state index contributed by atoms with van der Waals surface area (Å²) in [6, 6.07) is 2.14. The number of anilines is 2. The van der Waals surface area contributed by atoms with E-state index in [4.69, 9.17) is 0 Å². The predicted molar refractivity (Wildman–Crippen MR) is 78.6 cm³/mol. The molecule has 2 rings (SSSR count). The van der Waals surface area contributed by atoms with E-state index in [0.29, 0.717) is 5.95 Å². The highest BCUT2D eigenvalue weighted by molar-refractivity contribution is 7.98. The van der Waals surface area contributed by atoms with E-state index in [0.717, 1.165) is 28.3 Å². The molecule has 0 bridgehead atoms. The molecule has 0 aliphatic heterocycles. The summed E-state index contributed by atoms with van der Waals surface area (Å²) in [5, 5.41) is 7.49. The number of hydrogen-bond acceptors (Lipinski definition) is 6. The van der Waals surface area contributed by atoms with Gasteiger partial charge in [0.05, 0.1) is 5.39 Å². The molecule has 0 aliphatic carbocycles. The molecule has 0 fully saturated rings. The van der Waals surface area contributed by atoms with E-state index in [1.54, 1.807) is 11.3 Å². The molecule has 17 heavy (non-hydrogen) atoms. The fourth-order valence-electron chi connectivity index (χ4n) is 1.56. The van der Waals surface area contributed by atoms with E-state index in [1.165, 1.54) is 4.88 Å². The molecule has 6 heteroatoms. The first-order chi connectivity index (χ1) is 8.24. The second-order valence-corrected chi connectivity index (χ2v) is 5.86. The molecule has 0 atom stereocenters. The summed E-state index contributed by atoms with van der Waals surface area (Å²) in [5.74, 6) is 2.67. The van der Waals surface area contributed by atoms with Crippen molar-refractivity contribution in [3.8, 4) is 0 Å². The minimum absolute atomic E-state index is 0.672. The number of hydrogen-bond donors (Lipinski definition) is 2. The Morgan fingerprint density at radius 2 is 2.24 bits per heavy atom. The van der Waals surface area contributed by atoms with Gasteiger partial charge in [-0.05, 0) is 19.2 Å². The van der Waals surface area contributed by atoms with Crippen LogP contribution in [0.25, 0.3) is 10.2 Å². The van der Waals surface area contributed by atoms with Crippen molar-refractivity contribution >= 4 is 45.1 Å². The number of nitrogens with zero attached hydrogens (tertiary/aromatic N) is 2. The number of aromatic nitrogens is 2. The largest absolute Gasteiger partial charge is 0.369 e. The minimum atomic E-state index is 0.672. The molecule has 2 aromatic rings. The van der Waals surface area contributed by atoms with E-state index >= 15 is 0 Å². The summed E-state index contributed by atoms with van der Waals surface area (Å²) in [6.45, 7) is 3.02. The third-order valence-corrected chi connectivity index (χ3v) is 3.89. The van der Waals surface area contributed by atoms with Crippen molar-refractivity contribution in [2.45, 2.75) is 6.92 Å². The van der Waals surface area contributed by atoms with Gasteiger partial charge in [0.1, 0.15) is 10.6 Å². The van der Waals surface area contributed by atoms with Gasteiger partial charge in [0.2, 0.25) is 5.95 Å². The average Bonchev–Trinajstić information content (AvgIpc) is 2.69. The number of nitrogens with one attached hydrogen (secondary N) is 2. The Morgan fingerprint density at radius 1 is 1.41 bits per heavy atom.